The quantitative estimate of drug-likeness (QED) is 0.785. The van der Waals surface area contributed by atoms with Crippen molar-refractivity contribution in [3.05, 3.63) is 50.7 Å². The van der Waals surface area contributed by atoms with Crippen molar-refractivity contribution in [2.24, 2.45) is 5.92 Å². The second-order valence-electron chi connectivity index (χ2n) is 6.42. The molecule has 6 heteroatoms. The Bertz CT molecular complexity index is 802. The van der Waals surface area contributed by atoms with Crippen LogP contribution in [0.5, 0.6) is 0 Å². The van der Waals surface area contributed by atoms with Gasteiger partial charge in [0, 0.05) is 10.3 Å². The molecule has 1 aromatic carbocycles. The van der Waals surface area contributed by atoms with Gasteiger partial charge in [-0.25, -0.2) is 4.79 Å². The smallest absolute Gasteiger partial charge is 0.340 e. The lowest BCUT2D eigenvalue weighted by atomic mass is 9.88. The molecule has 1 amide bonds. The highest BCUT2D eigenvalue weighted by molar-refractivity contribution is 7.10. The molecule has 0 fully saturated rings. The molecule has 0 spiro atoms. The van der Waals surface area contributed by atoms with Gasteiger partial charge in [0.1, 0.15) is 0 Å². The zero-order valence-electron chi connectivity index (χ0n) is 14.2. The van der Waals surface area contributed by atoms with Gasteiger partial charge in [0.2, 0.25) is 0 Å². The topological polar surface area (TPSA) is 55.4 Å². The number of ether oxygens (including phenoxy) is 1. The van der Waals surface area contributed by atoms with E-state index < -0.39 is 18.0 Å². The number of esters is 1. The zero-order chi connectivity index (χ0) is 18.0. The van der Waals surface area contributed by atoms with Crippen molar-refractivity contribution in [3.63, 3.8) is 0 Å². The van der Waals surface area contributed by atoms with Crippen molar-refractivity contribution in [2.45, 2.75) is 39.2 Å². The van der Waals surface area contributed by atoms with Crippen LogP contribution in [-0.4, -0.2) is 18.0 Å². The Kier molecular flexibility index (Phi) is 5.45. The molecule has 0 bridgehead atoms. The molecule has 0 aliphatic heterocycles. The summed E-state index contributed by atoms with van der Waals surface area (Å²) in [6, 6.07) is 6.94. The molecule has 0 saturated heterocycles. The Morgan fingerprint density at radius 1 is 1.36 bits per heavy atom. The van der Waals surface area contributed by atoms with E-state index in [1.54, 1.807) is 42.5 Å². The Morgan fingerprint density at radius 2 is 2.12 bits per heavy atom. The van der Waals surface area contributed by atoms with E-state index in [9.17, 15) is 9.59 Å². The Labute approximate surface area is 156 Å². The van der Waals surface area contributed by atoms with E-state index in [-0.39, 0.29) is 0 Å². The number of amides is 1. The Balaban J connectivity index is 1.65. The van der Waals surface area contributed by atoms with Crippen molar-refractivity contribution < 1.29 is 14.3 Å². The van der Waals surface area contributed by atoms with E-state index in [4.69, 9.17) is 16.3 Å². The lowest BCUT2D eigenvalue weighted by molar-refractivity contribution is -0.123. The first-order chi connectivity index (χ1) is 12.0. The van der Waals surface area contributed by atoms with Crippen LogP contribution in [0.25, 0.3) is 0 Å². The summed E-state index contributed by atoms with van der Waals surface area (Å²) in [6.45, 7) is 3.78. The van der Waals surface area contributed by atoms with Crippen molar-refractivity contribution in [1.82, 2.24) is 0 Å². The summed E-state index contributed by atoms with van der Waals surface area (Å²) in [7, 11) is 0. The van der Waals surface area contributed by atoms with Crippen LogP contribution in [0.3, 0.4) is 0 Å². The highest BCUT2D eigenvalue weighted by atomic mass is 35.5. The molecular weight excluding hydrogens is 358 g/mol. The second kappa shape index (κ2) is 7.58. The second-order valence-corrected chi connectivity index (χ2v) is 7.79. The number of carbonyl (C=O) groups is 2. The standard InChI is InChI=1S/C19H20ClNO3S/c1-11-7-8-13-14(10-25-17(13)9-11)19(23)24-12(2)18(22)21-16-6-4-3-5-15(16)20/h3-6,10-12H,7-9H2,1-2H3,(H,21,22). The fourth-order valence-electron chi connectivity index (χ4n) is 2.92. The Hall–Kier alpha value is -1.85. The van der Waals surface area contributed by atoms with Gasteiger partial charge >= 0.3 is 5.97 Å². The SMILES string of the molecule is CC1CCc2c(C(=O)OC(C)C(=O)Nc3ccccc3Cl)csc2C1. The molecule has 2 unspecified atom stereocenters. The number of hydrogen-bond acceptors (Lipinski definition) is 4. The maximum Gasteiger partial charge on any atom is 0.340 e. The monoisotopic (exact) mass is 377 g/mol. The predicted molar refractivity (Wildman–Crippen MR) is 100 cm³/mol. The maximum atomic E-state index is 12.5. The van der Waals surface area contributed by atoms with Crippen LogP contribution in [0.4, 0.5) is 5.69 Å². The van der Waals surface area contributed by atoms with Gasteiger partial charge < -0.3 is 10.1 Å². The summed E-state index contributed by atoms with van der Waals surface area (Å²) in [6.07, 6.45) is 2.08. The molecule has 2 atom stereocenters. The average molecular weight is 378 g/mol. The highest BCUT2D eigenvalue weighted by Gasteiger charge is 2.26. The fraction of sp³-hybridized carbons (Fsp3) is 0.368. The van der Waals surface area contributed by atoms with Gasteiger partial charge in [0.05, 0.1) is 16.3 Å². The first-order valence-corrected chi connectivity index (χ1v) is 9.57. The fourth-order valence-corrected chi connectivity index (χ4v) is 4.34. The number of benzene rings is 1. The molecule has 2 aromatic rings. The van der Waals surface area contributed by atoms with Gasteiger partial charge in [0.25, 0.3) is 5.91 Å². The number of rotatable bonds is 4. The summed E-state index contributed by atoms with van der Waals surface area (Å²) in [5, 5.41) is 4.97. The Morgan fingerprint density at radius 3 is 2.88 bits per heavy atom. The summed E-state index contributed by atoms with van der Waals surface area (Å²) in [5.74, 6) is -0.191. The summed E-state index contributed by atoms with van der Waals surface area (Å²) < 4.78 is 5.37. The molecule has 1 aliphatic rings. The third-order valence-electron chi connectivity index (χ3n) is 4.41. The summed E-state index contributed by atoms with van der Waals surface area (Å²) >= 11 is 7.64. The van der Waals surface area contributed by atoms with Gasteiger partial charge in [-0.15, -0.1) is 11.3 Å². The number of carbonyl (C=O) groups excluding carboxylic acids is 2. The molecule has 1 N–H and O–H groups in total. The molecule has 0 saturated carbocycles. The number of hydrogen-bond donors (Lipinski definition) is 1. The van der Waals surface area contributed by atoms with Crippen molar-refractivity contribution >= 4 is 40.5 Å². The molecule has 1 aliphatic carbocycles. The van der Waals surface area contributed by atoms with Crippen molar-refractivity contribution in [2.75, 3.05) is 5.32 Å². The number of nitrogens with one attached hydrogen (secondary N) is 1. The number of para-hydroxylation sites is 1. The van der Waals surface area contributed by atoms with E-state index in [2.05, 4.69) is 12.2 Å². The van der Waals surface area contributed by atoms with Crippen LogP contribution in [0.1, 0.15) is 41.1 Å². The molecule has 3 rings (SSSR count). The van der Waals surface area contributed by atoms with Crippen LogP contribution < -0.4 is 5.32 Å². The van der Waals surface area contributed by atoms with Crippen molar-refractivity contribution in [1.29, 1.82) is 0 Å². The van der Waals surface area contributed by atoms with Crippen molar-refractivity contribution in [3.8, 4) is 0 Å². The highest BCUT2D eigenvalue weighted by Crippen LogP contribution is 2.33. The lowest BCUT2D eigenvalue weighted by Crippen LogP contribution is -2.30. The van der Waals surface area contributed by atoms with Gasteiger partial charge in [-0.3, -0.25) is 4.79 Å². The molecule has 0 radical (unpaired) electrons. The molecule has 1 heterocycles. The maximum absolute atomic E-state index is 12.5. The van der Waals surface area contributed by atoms with E-state index in [0.717, 1.165) is 24.8 Å². The van der Waals surface area contributed by atoms with Crippen LogP contribution >= 0.6 is 22.9 Å². The third kappa shape index (κ3) is 4.05. The molecule has 132 valence electrons. The normalized spacial score (nSPS) is 17.5. The van der Waals surface area contributed by atoms with Crippen LogP contribution in [0.15, 0.2) is 29.6 Å². The van der Waals surface area contributed by atoms with E-state index in [1.165, 1.54) is 4.88 Å². The molecule has 4 nitrogen and oxygen atoms in total. The van der Waals surface area contributed by atoms with Gasteiger partial charge in [0.15, 0.2) is 6.10 Å². The van der Waals surface area contributed by atoms with E-state index in [0.29, 0.717) is 22.2 Å². The van der Waals surface area contributed by atoms with E-state index in [1.807, 2.05) is 5.38 Å². The zero-order valence-corrected chi connectivity index (χ0v) is 15.7. The number of thiophene rings is 1. The summed E-state index contributed by atoms with van der Waals surface area (Å²) in [5.41, 5.74) is 2.19. The van der Waals surface area contributed by atoms with Crippen LogP contribution in [0, 0.1) is 5.92 Å². The van der Waals surface area contributed by atoms with Gasteiger partial charge in [-0.2, -0.15) is 0 Å². The summed E-state index contributed by atoms with van der Waals surface area (Å²) in [4.78, 5) is 26.0. The van der Waals surface area contributed by atoms with Crippen LogP contribution in [-0.2, 0) is 22.4 Å². The van der Waals surface area contributed by atoms with Gasteiger partial charge in [-0.05, 0) is 49.8 Å². The number of fused-ring (bicyclic) bond motifs is 1. The molecule has 1 aromatic heterocycles. The first-order valence-electron chi connectivity index (χ1n) is 8.31. The van der Waals surface area contributed by atoms with E-state index >= 15 is 0 Å². The first kappa shape index (κ1) is 18.0. The minimum atomic E-state index is -0.901. The lowest BCUT2D eigenvalue weighted by Gasteiger charge is -2.19. The van der Waals surface area contributed by atoms with Crippen LogP contribution in [0.2, 0.25) is 5.02 Å². The number of anilines is 1. The third-order valence-corrected chi connectivity index (χ3v) is 5.79. The molecular formula is C19H20ClNO3S. The van der Waals surface area contributed by atoms with Gasteiger partial charge in [-0.1, -0.05) is 30.7 Å². The minimum absolute atomic E-state index is 0.404. The average Bonchev–Trinajstić information content (AvgIpc) is 2.99. The predicted octanol–water partition coefficient (Wildman–Crippen LogP) is 4.71. The minimum Gasteiger partial charge on any atom is -0.449 e. The number of halogens is 1. The largest absolute Gasteiger partial charge is 0.449 e. The molecule has 25 heavy (non-hydrogen) atoms.